The summed E-state index contributed by atoms with van der Waals surface area (Å²) in [7, 11) is 0. The Labute approximate surface area is 147 Å². The van der Waals surface area contributed by atoms with Crippen molar-refractivity contribution in [2.75, 3.05) is 13.3 Å². The molecule has 5 rings (SSSR count). The van der Waals surface area contributed by atoms with Gasteiger partial charge in [-0.15, -0.1) is 0 Å². The molecule has 4 aliphatic rings. The molecule has 3 heterocycles. The third kappa shape index (κ3) is 3.09. The van der Waals surface area contributed by atoms with E-state index in [0.717, 1.165) is 56.7 Å². The molecule has 1 amide bonds. The van der Waals surface area contributed by atoms with Crippen LogP contribution in [0.25, 0.3) is 0 Å². The molecule has 0 bridgehead atoms. The summed E-state index contributed by atoms with van der Waals surface area (Å²) in [5.41, 5.74) is 1.23. The number of amides is 1. The maximum atomic E-state index is 12.2. The number of benzene rings is 1. The zero-order chi connectivity index (χ0) is 16.8. The van der Waals surface area contributed by atoms with E-state index >= 15 is 0 Å². The van der Waals surface area contributed by atoms with Crippen LogP contribution in [0, 0.1) is 0 Å². The maximum Gasteiger partial charge on any atom is 0.249 e. The summed E-state index contributed by atoms with van der Waals surface area (Å²) >= 11 is 0. The highest BCUT2D eigenvalue weighted by Gasteiger charge is 2.42. The number of carbonyl (C=O) groups is 1. The number of nitrogens with one attached hydrogen (secondary N) is 1. The van der Waals surface area contributed by atoms with Crippen molar-refractivity contribution < 1.29 is 19.0 Å². The minimum atomic E-state index is -0.257. The topological polar surface area (TPSA) is 60.0 Å². The van der Waals surface area contributed by atoms with E-state index in [1.54, 1.807) is 0 Å². The third-order valence-electron chi connectivity index (χ3n) is 5.70. The highest BCUT2D eigenvalue weighted by Crippen LogP contribution is 2.36. The van der Waals surface area contributed by atoms with E-state index in [-0.39, 0.29) is 18.1 Å². The molecule has 2 saturated heterocycles. The van der Waals surface area contributed by atoms with Crippen LogP contribution in [-0.2, 0) is 16.1 Å². The van der Waals surface area contributed by atoms with Crippen LogP contribution in [0.5, 0.6) is 11.5 Å². The molecule has 0 radical (unpaired) electrons. The Morgan fingerprint density at radius 3 is 2.88 bits per heavy atom. The SMILES string of the molecule is O=C(NC1CC1)[C@H]1CC[C@@H]2[C@@H](CCN2Cc2ccc3c(c2)OCO3)O1. The molecular weight excluding hydrogens is 320 g/mol. The summed E-state index contributed by atoms with van der Waals surface area (Å²) < 4.78 is 17.0. The lowest BCUT2D eigenvalue weighted by atomic mass is 9.98. The highest BCUT2D eigenvalue weighted by molar-refractivity contribution is 5.81. The van der Waals surface area contributed by atoms with Gasteiger partial charge in [0, 0.05) is 25.2 Å². The number of fused-ring (bicyclic) bond motifs is 2. The lowest BCUT2D eigenvalue weighted by Gasteiger charge is -2.35. The van der Waals surface area contributed by atoms with Gasteiger partial charge < -0.3 is 19.5 Å². The lowest BCUT2D eigenvalue weighted by molar-refractivity contribution is -0.144. The summed E-state index contributed by atoms with van der Waals surface area (Å²) in [5, 5.41) is 3.08. The van der Waals surface area contributed by atoms with Crippen LogP contribution < -0.4 is 14.8 Å². The molecule has 1 aromatic carbocycles. The van der Waals surface area contributed by atoms with Crippen LogP contribution in [0.1, 0.15) is 37.7 Å². The molecule has 1 aromatic rings. The van der Waals surface area contributed by atoms with Crippen LogP contribution in [0.15, 0.2) is 18.2 Å². The average molecular weight is 344 g/mol. The van der Waals surface area contributed by atoms with Crippen LogP contribution in [-0.4, -0.2) is 48.4 Å². The van der Waals surface area contributed by atoms with E-state index < -0.39 is 0 Å². The van der Waals surface area contributed by atoms with Crippen LogP contribution in [0.3, 0.4) is 0 Å². The molecule has 6 heteroatoms. The van der Waals surface area contributed by atoms with Gasteiger partial charge in [-0.25, -0.2) is 0 Å². The number of nitrogens with zero attached hydrogens (tertiary/aromatic N) is 1. The second-order valence-electron chi connectivity index (χ2n) is 7.54. The predicted molar refractivity (Wildman–Crippen MR) is 90.4 cm³/mol. The van der Waals surface area contributed by atoms with Gasteiger partial charge in [0.25, 0.3) is 0 Å². The van der Waals surface area contributed by atoms with Crippen molar-refractivity contribution in [3.63, 3.8) is 0 Å². The zero-order valence-corrected chi connectivity index (χ0v) is 14.3. The van der Waals surface area contributed by atoms with Gasteiger partial charge in [0.1, 0.15) is 6.10 Å². The Morgan fingerprint density at radius 2 is 2.00 bits per heavy atom. The lowest BCUT2D eigenvalue weighted by Crippen LogP contribution is -2.48. The Balaban J connectivity index is 1.20. The first kappa shape index (κ1) is 15.5. The van der Waals surface area contributed by atoms with Gasteiger partial charge in [-0.2, -0.15) is 0 Å². The van der Waals surface area contributed by atoms with Gasteiger partial charge in [-0.3, -0.25) is 9.69 Å². The normalized spacial score (nSPS) is 31.0. The summed E-state index contributed by atoms with van der Waals surface area (Å²) in [6.45, 7) is 2.21. The maximum absolute atomic E-state index is 12.2. The van der Waals surface area contributed by atoms with Gasteiger partial charge in [-0.05, 0) is 49.8 Å². The van der Waals surface area contributed by atoms with Gasteiger partial charge in [0.05, 0.1) is 6.10 Å². The molecule has 1 N–H and O–H groups in total. The van der Waals surface area contributed by atoms with Crippen LogP contribution >= 0.6 is 0 Å². The van der Waals surface area contributed by atoms with Crippen LogP contribution in [0.2, 0.25) is 0 Å². The van der Waals surface area contributed by atoms with E-state index in [1.165, 1.54) is 5.56 Å². The predicted octanol–water partition coefficient (Wildman–Crippen LogP) is 1.82. The molecule has 1 saturated carbocycles. The summed E-state index contributed by atoms with van der Waals surface area (Å²) in [6.07, 6.45) is 5.00. The van der Waals surface area contributed by atoms with Gasteiger partial charge >= 0.3 is 0 Å². The standard InChI is InChI=1S/C19H24N2O4/c22-19(20-13-2-3-13)17-6-4-14-15(25-17)7-8-21(14)10-12-1-5-16-18(9-12)24-11-23-16/h1,5,9,13-15,17H,2-4,6-8,10-11H2,(H,20,22)/t14-,15-,17-/m1/s1. The fraction of sp³-hybridized carbons (Fsp3) is 0.632. The van der Waals surface area contributed by atoms with Crippen LogP contribution in [0.4, 0.5) is 0 Å². The summed E-state index contributed by atoms with van der Waals surface area (Å²) in [6, 6.07) is 6.98. The molecule has 0 spiro atoms. The fourth-order valence-electron chi connectivity index (χ4n) is 4.20. The molecular formula is C19H24N2O4. The quantitative estimate of drug-likeness (QED) is 0.903. The van der Waals surface area contributed by atoms with Crippen molar-refractivity contribution in [3.05, 3.63) is 23.8 Å². The smallest absolute Gasteiger partial charge is 0.249 e. The van der Waals surface area contributed by atoms with E-state index in [0.29, 0.717) is 18.9 Å². The monoisotopic (exact) mass is 344 g/mol. The number of likely N-dealkylation sites (tertiary alicyclic amines) is 1. The summed E-state index contributed by atoms with van der Waals surface area (Å²) in [5.74, 6) is 1.76. The Morgan fingerprint density at radius 1 is 1.12 bits per heavy atom. The number of hydrogen-bond acceptors (Lipinski definition) is 5. The van der Waals surface area contributed by atoms with E-state index in [9.17, 15) is 4.79 Å². The van der Waals surface area contributed by atoms with E-state index in [4.69, 9.17) is 14.2 Å². The first-order chi connectivity index (χ1) is 12.3. The average Bonchev–Trinajstić information content (AvgIpc) is 3.17. The molecule has 3 atom stereocenters. The number of ether oxygens (including phenoxy) is 3. The highest BCUT2D eigenvalue weighted by atomic mass is 16.7. The van der Waals surface area contributed by atoms with Crippen molar-refractivity contribution >= 4 is 5.91 Å². The van der Waals surface area contributed by atoms with Crippen molar-refractivity contribution in [1.82, 2.24) is 10.2 Å². The fourth-order valence-corrected chi connectivity index (χ4v) is 4.20. The second kappa shape index (κ2) is 6.18. The molecule has 134 valence electrons. The van der Waals surface area contributed by atoms with E-state index in [1.807, 2.05) is 6.07 Å². The van der Waals surface area contributed by atoms with Gasteiger partial charge in [0.15, 0.2) is 11.5 Å². The second-order valence-corrected chi connectivity index (χ2v) is 7.54. The minimum Gasteiger partial charge on any atom is -0.454 e. The largest absolute Gasteiger partial charge is 0.454 e. The molecule has 3 fully saturated rings. The zero-order valence-electron chi connectivity index (χ0n) is 14.3. The van der Waals surface area contributed by atoms with Crippen molar-refractivity contribution in [2.24, 2.45) is 0 Å². The minimum absolute atomic E-state index is 0.0928. The Kier molecular flexibility index (Phi) is 3.82. The first-order valence-corrected chi connectivity index (χ1v) is 9.35. The molecule has 25 heavy (non-hydrogen) atoms. The van der Waals surface area contributed by atoms with Crippen molar-refractivity contribution in [2.45, 2.75) is 62.9 Å². The first-order valence-electron chi connectivity index (χ1n) is 9.35. The molecule has 6 nitrogen and oxygen atoms in total. The number of hydrogen-bond donors (Lipinski definition) is 1. The third-order valence-corrected chi connectivity index (χ3v) is 5.70. The number of rotatable bonds is 4. The number of carbonyl (C=O) groups excluding carboxylic acids is 1. The van der Waals surface area contributed by atoms with Gasteiger partial charge in [0.2, 0.25) is 12.7 Å². The summed E-state index contributed by atoms with van der Waals surface area (Å²) in [4.78, 5) is 14.7. The molecule has 0 unspecified atom stereocenters. The van der Waals surface area contributed by atoms with E-state index in [2.05, 4.69) is 22.3 Å². The van der Waals surface area contributed by atoms with Gasteiger partial charge in [-0.1, -0.05) is 6.07 Å². The molecule has 1 aliphatic carbocycles. The van der Waals surface area contributed by atoms with Crippen molar-refractivity contribution in [3.8, 4) is 11.5 Å². The Bertz CT molecular complexity index is 675. The Hall–Kier alpha value is -1.79. The molecule has 3 aliphatic heterocycles. The van der Waals surface area contributed by atoms with Crippen molar-refractivity contribution in [1.29, 1.82) is 0 Å². The molecule has 0 aromatic heterocycles.